The maximum absolute atomic E-state index is 13.7. The molecule has 0 aliphatic carbocycles. The van der Waals surface area contributed by atoms with E-state index in [0.29, 0.717) is 67.3 Å². The maximum atomic E-state index is 13.7. The standard InChI is InChI=1S/C45H68N6O12.C29H47N3O6/c1-27(2)34(30(7)52)25-36(54)42(29(5)6)50(8)45(61)62-26-31-17-19-33(20-18-31)48-43(59)32(14-13-23-47-44(46)60)24-35(53)41(28(3)4)49-37(55)15-11-9-10-12-16-40(58)63-51-38(56)21-22-39(51)57;1-8-19(2)26(31(4)5)24(37-6)18-25(33)32-16-12-15-23(32)27(38-7)20(3)28(34)30-22(29(35)36)17-21-13-10-9-11-14-21/h17-20,27-29,32,34,41-42H,9-16,21-26H2,1-8H3,(H,48,59)(H,49,55)(H3,46,47,60);9-11,13-14,19-20,22-24,26-27H,8,12,15-18H2,1-7H3,(H,30,34)(H,35,36)/t32-,34+,41+,42+;19-,20+,22-,23-,24+,26-,27+/m10/s1. The molecule has 9 amide bonds. The molecule has 11 atom stereocenters. The Balaban J connectivity index is 0.000000593. The average molecular weight is 1420 g/mol. The predicted molar refractivity (Wildman–Crippen MR) is 379 cm³/mol. The van der Waals surface area contributed by atoms with Crippen molar-refractivity contribution in [2.24, 2.45) is 47.2 Å². The molecule has 0 unspecified atom stereocenters. The number of nitrogens with two attached hydrogens (primary N) is 1. The summed E-state index contributed by atoms with van der Waals surface area (Å²) in [4.78, 5) is 174. The number of ether oxygens (including phenoxy) is 3. The third kappa shape index (κ3) is 29.0. The Labute approximate surface area is 596 Å². The Kier molecular flexibility index (Phi) is 38.1. The molecule has 0 radical (unpaired) electrons. The number of hydrogen-bond acceptors (Lipinski definition) is 18. The van der Waals surface area contributed by atoms with Crippen molar-refractivity contribution in [1.82, 2.24) is 35.7 Å². The Hall–Kier alpha value is -8.17. The molecule has 27 heteroatoms. The Morgan fingerprint density at radius 1 is 0.713 bits per heavy atom. The van der Waals surface area contributed by atoms with E-state index in [1.165, 1.54) is 26.0 Å². The van der Waals surface area contributed by atoms with Crippen LogP contribution in [0.1, 0.15) is 183 Å². The highest BCUT2D eigenvalue weighted by Crippen LogP contribution is 2.30. The van der Waals surface area contributed by atoms with Crippen LogP contribution >= 0.6 is 0 Å². The van der Waals surface area contributed by atoms with E-state index < -0.39 is 89.7 Å². The first-order valence-electron chi connectivity index (χ1n) is 35.5. The molecule has 0 saturated carbocycles. The van der Waals surface area contributed by atoms with Crippen molar-refractivity contribution in [3.63, 3.8) is 0 Å². The molecule has 7 N–H and O–H groups in total. The van der Waals surface area contributed by atoms with Crippen LogP contribution in [0.4, 0.5) is 15.3 Å². The molecule has 4 rings (SSSR count). The van der Waals surface area contributed by atoms with Crippen molar-refractivity contribution in [3.05, 3.63) is 65.7 Å². The molecule has 2 aromatic rings. The molecule has 2 aliphatic heterocycles. The van der Waals surface area contributed by atoms with Gasteiger partial charge in [0.25, 0.3) is 11.8 Å². The van der Waals surface area contributed by atoms with Crippen LogP contribution in [0.15, 0.2) is 54.6 Å². The molecule has 0 bridgehead atoms. The van der Waals surface area contributed by atoms with Gasteiger partial charge in [-0.25, -0.2) is 19.2 Å². The molecule has 0 spiro atoms. The molecular formula is C74H115N9O18. The first-order valence-corrected chi connectivity index (χ1v) is 35.5. The minimum absolute atomic E-state index is 0.00996. The van der Waals surface area contributed by atoms with Crippen LogP contribution in [-0.4, -0.2) is 193 Å². The van der Waals surface area contributed by atoms with Gasteiger partial charge in [-0.1, -0.05) is 124 Å². The van der Waals surface area contributed by atoms with Crippen molar-refractivity contribution < 1.29 is 86.5 Å². The fraction of sp³-hybridized carbons (Fsp3) is 0.662. The largest absolute Gasteiger partial charge is 0.480 e. The molecule has 101 heavy (non-hydrogen) atoms. The molecule has 0 aromatic heterocycles. The van der Waals surface area contributed by atoms with Gasteiger partial charge in [0.1, 0.15) is 18.4 Å². The Morgan fingerprint density at radius 3 is 1.87 bits per heavy atom. The number of primary amides is 1. The number of hydroxylamine groups is 2. The molecule has 2 heterocycles. The van der Waals surface area contributed by atoms with E-state index in [4.69, 9.17) is 24.8 Å². The third-order valence-corrected chi connectivity index (χ3v) is 18.9. The Bertz CT molecular complexity index is 3040. The third-order valence-electron chi connectivity index (χ3n) is 18.9. The van der Waals surface area contributed by atoms with E-state index >= 15 is 0 Å². The number of anilines is 1. The minimum atomic E-state index is -1.09. The van der Waals surface area contributed by atoms with Gasteiger partial charge in [-0.15, -0.1) is 5.06 Å². The highest BCUT2D eigenvalue weighted by atomic mass is 16.7. The van der Waals surface area contributed by atoms with Crippen LogP contribution in [-0.2, 0) is 84.8 Å². The number of unbranched alkanes of at least 4 members (excludes halogenated alkanes) is 3. The number of aliphatic carboxylic acids is 1. The zero-order valence-electron chi connectivity index (χ0n) is 62.2. The number of carboxylic acids is 1. The smallest absolute Gasteiger partial charge is 0.410 e. The highest BCUT2D eigenvalue weighted by molar-refractivity contribution is 6.02. The quantitative estimate of drug-likeness (QED) is 0.0271. The fourth-order valence-corrected chi connectivity index (χ4v) is 13.1. The second-order valence-corrected chi connectivity index (χ2v) is 27.9. The number of imide groups is 1. The van der Waals surface area contributed by atoms with E-state index in [-0.39, 0.29) is 136 Å². The number of Topliss-reactive ketones (excluding diaryl/α,β-unsaturated/α-hetero) is 3. The maximum Gasteiger partial charge on any atom is 0.410 e. The van der Waals surface area contributed by atoms with Gasteiger partial charge in [0.2, 0.25) is 23.6 Å². The minimum Gasteiger partial charge on any atom is -0.480 e. The normalized spacial score (nSPS) is 16.7. The van der Waals surface area contributed by atoms with Crippen molar-refractivity contribution >= 4 is 82.5 Å². The molecule has 2 aromatic carbocycles. The van der Waals surface area contributed by atoms with Gasteiger partial charge in [-0.05, 0) is 106 Å². The molecular weight excluding hydrogens is 1300 g/mol. The number of benzene rings is 2. The average Bonchev–Trinajstić information content (AvgIpc) is 1.75. The van der Waals surface area contributed by atoms with E-state index in [0.717, 1.165) is 18.4 Å². The van der Waals surface area contributed by atoms with Gasteiger partial charge in [-0.3, -0.25) is 43.2 Å². The lowest BCUT2D eigenvalue weighted by Crippen LogP contribution is -2.53. The summed E-state index contributed by atoms with van der Waals surface area (Å²) < 4.78 is 17.1. The number of likely N-dealkylation sites (N-methyl/N-ethyl adjacent to an activating group) is 2. The van der Waals surface area contributed by atoms with E-state index in [9.17, 15) is 67.4 Å². The fourth-order valence-electron chi connectivity index (χ4n) is 13.1. The summed E-state index contributed by atoms with van der Waals surface area (Å²) in [6, 6.07) is 12.1. The Morgan fingerprint density at radius 2 is 1.34 bits per heavy atom. The number of carbonyl (C=O) groups is 13. The van der Waals surface area contributed by atoms with Crippen LogP contribution < -0.4 is 27.0 Å². The van der Waals surface area contributed by atoms with Gasteiger partial charge >= 0.3 is 24.1 Å². The summed E-state index contributed by atoms with van der Waals surface area (Å²) in [7, 11) is 8.70. The summed E-state index contributed by atoms with van der Waals surface area (Å²) in [5.74, 6) is -6.81. The number of carboxylic acid groups (broad SMARTS) is 1. The lowest BCUT2D eigenvalue weighted by atomic mass is 9.84. The van der Waals surface area contributed by atoms with Crippen LogP contribution in [0.3, 0.4) is 0 Å². The van der Waals surface area contributed by atoms with Gasteiger partial charge in [0.05, 0.1) is 42.7 Å². The number of ketones is 3. The van der Waals surface area contributed by atoms with Crippen molar-refractivity contribution in [1.29, 1.82) is 0 Å². The summed E-state index contributed by atoms with van der Waals surface area (Å²) in [5, 5.41) is 21.0. The second-order valence-electron chi connectivity index (χ2n) is 27.9. The molecule has 2 fully saturated rings. The van der Waals surface area contributed by atoms with Crippen molar-refractivity contribution in [2.45, 2.75) is 227 Å². The van der Waals surface area contributed by atoms with Crippen LogP contribution in [0, 0.1) is 41.4 Å². The number of likely N-dealkylation sites (tertiary alicyclic amines) is 1. The molecule has 2 saturated heterocycles. The number of nitrogens with one attached hydrogen (secondary N) is 4. The van der Waals surface area contributed by atoms with Gasteiger partial charge < -0.3 is 65.9 Å². The van der Waals surface area contributed by atoms with Crippen molar-refractivity contribution in [2.75, 3.05) is 53.8 Å². The number of methoxy groups -OCH3 is 2. The van der Waals surface area contributed by atoms with Gasteiger partial charge in [0.15, 0.2) is 11.6 Å². The first-order chi connectivity index (χ1) is 47.7. The lowest BCUT2D eigenvalue weighted by Gasteiger charge is -2.38. The van der Waals surface area contributed by atoms with Gasteiger partial charge in [-0.2, -0.15) is 0 Å². The predicted octanol–water partition coefficient (Wildman–Crippen LogP) is 7.97. The second kappa shape index (κ2) is 44.3. The van der Waals surface area contributed by atoms with Crippen LogP contribution in [0.25, 0.3) is 0 Å². The van der Waals surface area contributed by atoms with E-state index in [2.05, 4.69) is 40.0 Å². The number of rotatable bonds is 43. The summed E-state index contributed by atoms with van der Waals surface area (Å²) in [6.07, 6.45) is 4.11. The number of amides is 9. The van der Waals surface area contributed by atoms with E-state index in [1.54, 1.807) is 52.1 Å². The topological polar surface area (TPSA) is 366 Å². The summed E-state index contributed by atoms with van der Waals surface area (Å²) >= 11 is 0. The number of hydrogen-bond donors (Lipinski definition) is 6. The van der Waals surface area contributed by atoms with Crippen LogP contribution in [0.5, 0.6) is 0 Å². The number of nitrogens with zero attached hydrogens (tertiary/aromatic N) is 4. The first kappa shape index (κ1) is 87.0. The number of carbonyl (C=O) groups excluding carboxylic acids is 12. The molecule has 564 valence electrons. The molecule has 2 aliphatic rings. The zero-order chi connectivity index (χ0) is 75.8. The van der Waals surface area contributed by atoms with Gasteiger partial charge in [0, 0.05) is 103 Å². The summed E-state index contributed by atoms with van der Waals surface area (Å²) in [5.41, 5.74) is 7.04. The lowest BCUT2D eigenvalue weighted by molar-refractivity contribution is -0.197. The zero-order valence-corrected chi connectivity index (χ0v) is 62.2. The molecule has 27 nitrogen and oxygen atoms in total. The van der Waals surface area contributed by atoms with Crippen molar-refractivity contribution in [3.8, 4) is 0 Å². The van der Waals surface area contributed by atoms with E-state index in [1.807, 2.05) is 77.0 Å². The summed E-state index contributed by atoms with van der Waals surface area (Å²) in [6.45, 7) is 19.1. The highest BCUT2D eigenvalue weighted by Gasteiger charge is 2.43. The monoisotopic (exact) mass is 1420 g/mol. The van der Waals surface area contributed by atoms with Crippen LogP contribution in [0.2, 0.25) is 0 Å². The number of urea groups is 1. The SMILES string of the molecule is CC(=O)[C@@H](CC(=O)[C@H](C(C)C)N(C)C(=O)OCc1ccc(NC(=O)[C@H](CCCNC(N)=O)CC(=O)[C@@H](NC(=O)CCCCCCC(=O)ON2C(=O)CCC2=O)C(C)C)cc1)C(C)C.CC[C@H](C)[C@@H]([C@@H](CC(=O)N1CCC[C@H]1[C@H](OC)[C@@H](C)C(=O)N[C@@H](Cc1ccccc1)C(=O)O)OC)N(C)C.